The van der Waals surface area contributed by atoms with Crippen molar-refractivity contribution in [2.75, 3.05) is 37.7 Å². The van der Waals surface area contributed by atoms with Crippen LogP contribution in [0.25, 0.3) is 11.0 Å². The molecule has 1 unspecified atom stereocenters. The number of fused-ring (bicyclic) bond motifs is 1. The molecule has 132 valence electrons. The number of hydrogen-bond donors (Lipinski definition) is 0. The Balaban J connectivity index is 1.57. The number of hydrogen-bond acceptors (Lipinski definition) is 5. The van der Waals surface area contributed by atoms with Crippen LogP contribution in [0.15, 0.2) is 30.5 Å². The summed E-state index contributed by atoms with van der Waals surface area (Å²) in [6.45, 7) is 4.14. The lowest BCUT2D eigenvalue weighted by molar-refractivity contribution is 0.0660. The highest BCUT2D eigenvalue weighted by atomic mass is 32.2. The van der Waals surface area contributed by atoms with Gasteiger partial charge in [-0.15, -0.1) is 0 Å². The Morgan fingerprint density at radius 1 is 1.12 bits per heavy atom. The number of para-hydroxylation sites is 2. The van der Waals surface area contributed by atoms with E-state index in [1.54, 1.807) is 6.20 Å². The number of rotatable bonds is 3. The Kier molecular flexibility index (Phi) is 5.17. The molecule has 4 rings (SSSR count). The number of amides is 1. The SMILES string of the molecule is O=C(c1cnc2ccccc2n1)N1CCCSCC1CN1CCCC1. The monoisotopic (exact) mass is 356 g/mol. The molecule has 1 amide bonds. The van der Waals surface area contributed by atoms with Gasteiger partial charge in [0.05, 0.1) is 23.3 Å². The van der Waals surface area contributed by atoms with Crippen LogP contribution >= 0.6 is 11.8 Å². The standard InChI is InChI=1S/C19H24N4OS/c24-19(18-12-20-16-6-1-2-7-17(16)21-18)23-10-5-11-25-14-15(23)13-22-8-3-4-9-22/h1-2,6-7,12,15H,3-5,8-11,13-14H2. The van der Waals surface area contributed by atoms with Crippen LogP contribution < -0.4 is 0 Å². The molecule has 1 aromatic heterocycles. The Morgan fingerprint density at radius 2 is 1.92 bits per heavy atom. The summed E-state index contributed by atoms with van der Waals surface area (Å²) < 4.78 is 0. The molecule has 0 N–H and O–H groups in total. The lowest BCUT2D eigenvalue weighted by Crippen LogP contribution is -2.47. The second kappa shape index (κ2) is 7.70. The molecule has 2 saturated heterocycles. The maximum Gasteiger partial charge on any atom is 0.274 e. The third-order valence-corrected chi connectivity index (χ3v) is 6.23. The van der Waals surface area contributed by atoms with Crippen molar-refractivity contribution in [2.24, 2.45) is 0 Å². The van der Waals surface area contributed by atoms with Gasteiger partial charge < -0.3 is 9.80 Å². The van der Waals surface area contributed by atoms with Gasteiger partial charge in [0.25, 0.3) is 5.91 Å². The largest absolute Gasteiger partial charge is 0.332 e. The fourth-order valence-corrected chi connectivity index (χ4v) is 4.78. The summed E-state index contributed by atoms with van der Waals surface area (Å²) in [4.78, 5) is 26.7. The molecule has 0 radical (unpaired) electrons. The fraction of sp³-hybridized carbons (Fsp3) is 0.526. The Morgan fingerprint density at radius 3 is 2.76 bits per heavy atom. The van der Waals surface area contributed by atoms with Crippen molar-refractivity contribution >= 4 is 28.7 Å². The number of benzene rings is 1. The average molecular weight is 356 g/mol. The van der Waals surface area contributed by atoms with Gasteiger partial charge in [-0.05, 0) is 50.2 Å². The topological polar surface area (TPSA) is 49.3 Å². The zero-order valence-corrected chi connectivity index (χ0v) is 15.2. The van der Waals surface area contributed by atoms with Gasteiger partial charge >= 0.3 is 0 Å². The fourth-order valence-electron chi connectivity index (χ4n) is 3.72. The van der Waals surface area contributed by atoms with E-state index in [0.717, 1.165) is 42.0 Å². The van der Waals surface area contributed by atoms with Crippen molar-refractivity contribution in [3.63, 3.8) is 0 Å². The quantitative estimate of drug-likeness (QED) is 0.846. The zero-order chi connectivity index (χ0) is 17.1. The second-order valence-electron chi connectivity index (χ2n) is 6.83. The first-order valence-corrected chi connectivity index (χ1v) is 10.3. The molecule has 0 aliphatic carbocycles. The normalized spacial score (nSPS) is 22.2. The van der Waals surface area contributed by atoms with E-state index in [0.29, 0.717) is 5.69 Å². The van der Waals surface area contributed by atoms with Crippen molar-refractivity contribution in [1.29, 1.82) is 0 Å². The molecule has 2 aliphatic rings. The van der Waals surface area contributed by atoms with Gasteiger partial charge in [0.15, 0.2) is 0 Å². The molecular weight excluding hydrogens is 332 g/mol. The predicted molar refractivity (Wildman–Crippen MR) is 102 cm³/mol. The van der Waals surface area contributed by atoms with Crippen LogP contribution in [-0.2, 0) is 0 Å². The van der Waals surface area contributed by atoms with Crippen molar-refractivity contribution in [1.82, 2.24) is 19.8 Å². The third-order valence-electron chi connectivity index (χ3n) is 5.03. The van der Waals surface area contributed by atoms with Crippen LogP contribution in [0.3, 0.4) is 0 Å². The number of aromatic nitrogens is 2. The highest BCUT2D eigenvalue weighted by molar-refractivity contribution is 7.99. The molecule has 0 bridgehead atoms. The first kappa shape index (κ1) is 16.8. The summed E-state index contributed by atoms with van der Waals surface area (Å²) in [6.07, 6.45) is 5.25. The highest BCUT2D eigenvalue weighted by Crippen LogP contribution is 2.21. The number of thioether (sulfide) groups is 1. The van der Waals surface area contributed by atoms with Crippen LogP contribution in [0, 0.1) is 0 Å². The molecule has 1 aromatic carbocycles. The van der Waals surface area contributed by atoms with Gasteiger partial charge in [0.2, 0.25) is 0 Å². The molecular formula is C19H24N4OS. The summed E-state index contributed by atoms with van der Waals surface area (Å²) in [6, 6.07) is 7.99. The molecule has 2 aliphatic heterocycles. The molecule has 2 aromatic rings. The molecule has 0 spiro atoms. The highest BCUT2D eigenvalue weighted by Gasteiger charge is 2.29. The first-order chi connectivity index (χ1) is 12.3. The molecule has 1 atom stereocenters. The number of carbonyl (C=O) groups excluding carboxylic acids is 1. The smallest absolute Gasteiger partial charge is 0.274 e. The minimum Gasteiger partial charge on any atom is -0.332 e. The molecule has 6 heteroatoms. The maximum atomic E-state index is 13.2. The average Bonchev–Trinajstić information content (AvgIpc) is 3.05. The van der Waals surface area contributed by atoms with E-state index < -0.39 is 0 Å². The van der Waals surface area contributed by atoms with Crippen molar-refractivity contribution in [3.8, 4) is 0 Å². The van der Waals surface area contributed by atoms with Gasteiger partial charge in [0, 0.05) is 18.8 Å². The molecule has 2 fully saturated rings. The molecule has 25 heavy (non-hydrogen) atoms. The zero-order valence-electron chi connectivity index (χ0n) is 14.4. The number of carbonyl (C=O) groups is 1. The minimum absolute atomic E-state index is 0.0324. The van der Waals surface area contributed by atoms with Crippen LogP contribution in [0.1, 0.15) is 29.8 Å². The van der Waals surface area contributed by atoms with Crippen molar-refractivity contribution in [3.05, 3.63) is 36.2 Å². The predicted octanol–water partition coefficient (Wildman–Crippen LogP) is 2.67. The van der Waals surface area contributed by atoms with Gasteiger partial charge in [0.1, 0.15) is 5.69 Å². The summed E-state index contributed by atoms with van der Waals surface area (Å²) >= 11 is 1.97. The van der Waals surface area contributed by atoms with Crippen molar-refractivity contribution in [2.45, 2.75) is 25.3 Å². The van der Waals surface area contributed by atoms with E-state index in [-0.39, 0.29) is 11.9 Å². The lowest BCUT2D eigenvalue weighted by atomic mass is 10.2. The van der Waals surface area contributed by atoms with E-state index in [4.69, 9.17) is 0 Å². The first-order valence-electron chi connectivity index (χ1n) is 9.14. The van der Waals surface area contributed by atoms with E-state index >= 15 is 0 Å². The van der Waals surface area contributed by atoms with Crippen LogP contribution in [0.5, 0.6) is 0 Å². The van der Waals surface area contributed by atoms with Crippen LogP contribution in [0.2, 0.25) is 0 Å². The number of likely N-dealkylation sites (tertiary alicyclic amines) is 1. The van der Waals surface area contributed by atoms with Gasteiger partial charge in [-0.25, -0.2) is 4.98 Å². The molecule has 0 saturated carbocycles. The lowest BCUT2D eigenvalue weighted by Gasteiger charge is -2.32. The van der Waals surface area contributed by atoms with Gasteiger partial charge in [-0.3, -0.25) is 9.78 Å². The van der Waals surface area contributed by atoms with Crippen LogP contribution in [0.4, 0.5) is 0 Å². The minimum atomic E-state index is 0.0324. The Bertz CT molecular complexity index is 747. The summed E-state index contributed by atoms with van der Waals surface area (Å²) in [5.41, 5.74) is 2.09. The van der Waals surface area contributed by atoms with Crippen molar-refractivity contribution < 1.29 is 4.79 Å². The summed E-state index contributed by atoms with van der Waals surface area (Å²) in [5, 5.41) is 0. The Labute approximate surface area is 152 Å². The van der Waals surface area contributed by atoms with E-state index in [1.165, 1.54) is 25.9 Å². The Hall–Kier alpha value is -1.66. The van der Waals surface area contributed by atoms with E-state index in [9.17, 15) is 4.79 Å². The second-order valence-corrected chi connectivity index (χ2v) is 7.98. The van der Waals surface area contributed by atoms with Gasteiger partial charge in [-0.1, -0.05) is 12.1 Å². The molecule has 5 nitrogen and oxygen atoms in total. The summed E-state index contributed by atoms with van der Waals surface area (Å²) in [5.74, 6) is 2.18. The number of nitrogens with zero attached hydrogens (tertiary/aromatic N) is 4. The maximum absolute atomic E-state index is 13.2. The van der Waals surface area contributed by atoms with Gasteiger partial charge in [-0.2, -0.15) is 11.8 Å². The molecule has 3 heterocycles. The van der Waals surface area contributed by atoms with E-state index in [2.05, 4.69) is 19.8 Å². The van der Waals surface area contributed by atoms with Crippen LogP contribution in [-0.4, -0.2) is 69.4 Å². The van der Waals surface area contributed by atoms with E-state index in [1.807, 2.05) is 36.0 Å². The third kappa shape index (κ3) is 3.80. The summed E-state index contributed by atoms with van der Waals surface area (Å²) in [7, 11) is 0.